The number of hydrogen-bond acceptors (Lipinski definition) is 5. The van der Waals surface area contributed by atoms with Crippen LogP contribution in [0.15, 0.2) is 54.6 Å². The summed E-state index contributed by atoms with van der Waals surface area (Å²) in [6.07, 6.45) is 1.73. The molecule has 2 aliphatic rings. The van der Waals surface area contributed by atoms with E-state index in [2.05, 4.69) is 27.5 Å². The zero-order valence-corrected chi connectivity index (χ0v) is 20.1. The Bertz CT molecular complexity index is 951. The molecule has 182 valence electrons. The second-order valence-corrected chi connectivity index (χ2v) is 9.54. The first-order chi connectivity index (χ1) is 16.5. The number of carbonyl (C=O) groups is 2. The van der Waals surface area contributed by atoms with Crippen molar-refractivity contribution in [3.05, 3.63) is 71.3 Å². The smallest absolute Gasteiger partial charge is 0.251 e. The van der Waals surface area contributed by atoms with Crippen LogP contribution in [-0.4, -0.2) is 81.0 Å². The molecule has 0 spiro atoms. The molecule has 2 fully saturated rings. The van der Waals surface area contributed by atoms with Crippen molar-refractivity contribution in [2.75, 3.05) is 59.4 Å². The van der Waals surface area contributed by atoms with Gasteiger partial charge in [-0.25, -0.2) is 0 Å². The molecule has 0 bridgehead atoms. The maximum Gasteiger partial charge on any atom is 0.251 e. The molecular weight excluding hydrogens is 426 g/mol. The van der Waals surface area contributed by atoms with Crippen molar-refractivity contribution in [2.45, 2.75) is 18.3 Å². The van der Waals surface area contributed by atoms with Crippen molar-refractivity contribution in [3.63, 3.8) is 0 Å². The summed E-state index contributed by atoms with van der Waals surface area (Å²) in [6.45, 7) is 7.39. The summed E-state index contributed by atoms with van der Waals surface area (Å²) in [7, 11) is 2.14. The van der Waals surface area contributed by atoms with Crippen molar-refractivity contribution < 1.29 is 9.59 Å². The SMILES string of the molecule is CN1CCN(CCNC(=O)c2ccc(C(C(N)=O)(c3ccccc3)C3CCNCC3)cc2)CC1. The quantitative estimate of drug-likeness (QED) is 0.551. The van der Waals surface area contributed by atoms with Crippen LogP contribution in [0.25, 0.3) is 0 Å². The van der Waals surface area contributed by atoms with Gasteiger partial charge in [0, 0.05) is 44.8 Å². The minimum atomic E-state index is -0.917. The lowest BCUT2D eigenvalue weighted by molar-refractivity contribution is -0.124. The summed E-state index contributed by atoms with van der Waals surface area (Å²) < 4.78 is 0. The fraction of sp³-hybridized carbons (Fsp3) is 0.481. The van der Waals surface area contributed by atoms with Crippen molar-refractivity contribution >= 4 is 11.8 Å². The summed E-state index contributed by atoms with van der Waals surface area (Å²) in [5.41, 5.74) is 7.61. The van der Waals surface area contributed by atoms with Gasteiger partial charge < -0.3 is 21.3 Å². The largest absolute Gasteiger partial charge is 0.369 e. The topological polar surface area (TPSA) is 90.7 Å². The first-order valence-corrected chi connectivity index (χ1v) is 12.4. The van der Waals surface area contributed by atoms with Crippen LogP contribution >= 0.6 is 0 Å². The number of nitrogens with two attached hydrogens (primary N) is 1. The van der Waals surface area contributed by atoms with Crippen LogP contribution in [0.5, 0.6) is 0 Å². The fourth-order valence-electron chi connectivity index (χ4n) is 5.47. The first-order valence-electron chi connectivity index (χ1n) is 12.4. The van der Waals surface area contributed by atoms with Crippen LogP contribution in [0, 0.1) is 5.92 Å². The standard InChI is InChI=1S/C27H37N5O2/c1-31-17-19-32(20-18-31)16-15-30-25(33)21-7-9-23(10-8-21)27(26(28)34,22-5-3-2-4-6-22)24-11-13-29-14-12-24/h2-10,24,29H,11-20H2,1H3,(H2,28,34)(H,30,33). The third kappa shape index (κ3) is 5.17. The molecule has 2 amide bonds. The Morgan fingerprint density at radius 2 is 1.59 bits per heavy atom. The van der Waals surface area contributed by atoms with Gasteiger partial charge >= 0.3 is 0 Å². The highest BCUT2D eigenvalue weighted by atomic mass is 16.2. The molecule has 2 saturated heterocycles. The van der Waals surface area contributed by atoms with Crippen LogP contribution in [0.4, 0.5) is 0 Å². The minimum Gasteiger partial charge on any atom is -0.369 e. The molecule has 2 aliphatic heterocycles. The average Bonchev–Trinajstić information content (AvgIpc) is 2.87. The molecule has 34 heavy (non-hydrogen) atoms. The number of hydrogen-bond donors (Lipinski definition) is 3. The van der Waals surface area contributed by atoms with E-state index in [1.165, 1.54) is 0 Å². The number of benzene rings is 2. The molecule has 1 unspecified atom stereocenters. The lowest BCUT2D eigenvalue weighted by Crippen LogP contribution is -2.51. The lowest BCUT2D eigenvalue weighted by atomic mass is 9.62. The molecular formula is C27H37N5O2. The predicted octanol–water partition coefficient (Wildman–Crippen LogP) is 1.43. The van der Waals surface area contributed by atoms with E-state index < -0.39 is 5.41 Å². The number of primary amides is 1. The molecule has 0 aromatic heterocycles. The highest BCUT2D eigenvalue weighted by molar-refractivity contribution is 5.95. The van der Waals surface area contributed by atoms with Crippen LogP contribution in [0.3, 0.4) is 0 Å². The van der Waals surface area contributed by atoms with Gasteiger partial charge in [0.15, 0.2) is 0 Å². The summed E-state index contributed by atoms with van der Waals surface area (Å²) in [5.74, 6) is -0.334. The van der Waals surface area contributed by atoms with Crippen LogP contribution in [-0.2, 0) is 10.2 Å². The molecule has 7 heteroatoms. The minimum absolute atomic E-state index is 0.0908. The van der Waals surface area contributed by atoms with Crippen LogP contribution in [0.2, 0.25) is 0 Å². The highest BCUT2D eigenvalue weighted by Crippen LogP contribution is 2.43. The Morgan fingerprint density at radius 3 is 2.21 bits per heavy atom. The number of carbonyl (C=O) groups excluding carboxylic acids is 2. The zero-order valence-electron chi connectivity index (χ0n) is 20.1. The Balaban J connectivity index is 1.51. The molecule has 0 aliphatic carbocycles. The second-order valence-electron chi connectivity index (χ2n) is 9.54. The van der Waals surface area contributed by atoms with E-state index in [9.17, 15) is 9.59 Å². The normalized spacial score (nSPS) is 19.9. The molecule has 4 N–H and O–H groups in total. The summed E-state index contributed by atoms with van der Waals surface area (Å²) >= 11 is 0. The van der Waals surface area contributed by atoms with E-state index >= 15 is 0 Å². The van der Waals surface area contributed by atoms with E-state index in [0.717, 1.165) is 69.8 Å². The Morgan fingerprint density at radius 1 is 0.971 bits per heavy atom. The van der Waals surface area contributed by atoms with Gasteiger partial charge in [-0.2, -0.15) is 0 Å². The Labute approximate surface area is 202 Å². The van der Waals surface area contributed by atoms with Gasteiger partial charge in [-0.15, -0.1) is 0 Å². The van der Waals surface area contributed by atoms with Crippen LogP contribution in [0.1, 0.15) is 34.3 Å². The molecule has 7 nitrogen and oxygen atoms in total. The van der Waals surface area contributed by atoms with Crippen LogP contribution < -0.4 is 16.4 Å². The summed E-state index contributed by atoms with van der Waals surface area (Å²) in [5, 5.41) is 6.43. The Kier molecular flexibility index (Phi) is 7.98. The maximum atomic E-state index is 13.2. The number of piperazine rings is 1. The fourth-order valence-corrected chi connectivity index (χ4v) is 5.47. The predicted molar refractivity (Wildman–Crippen MR) is 135 cm³/mol. The van der Waals surface area contributed by atoms with E-state index in [4.69, 9.17) is 5.73 Å². The average molecular weight is 464 g/mol. The summed E-state index contributed by atoms with van der Waals surface area (Å²) in [6, 6.07) is 17.3. The first kappa shape index (κ1) is 24.4. The number of piperidine rings is 1. The van der Waals surface area contributed by atoms with Crippen molar-refractivity contribution in [3.8, 4) is 0 Å². The number of nitrogens with zero attached hydrogens (tertiary/aromatic N) is 2. The monoisotopic (exact) mass is 463 g/mol. The third-order valence-corrected chi connectivity index (χ3v) is 7.48. The number of rotatable bonds is 8. The zero-order chi connectivity index (χ0) is 24.0. The van der Waals surface area contributed by atoms with Gasteiger partial charge in [-0.05, 0) is 62.2 Å². The maximum absolute atomic E-state index is 13.2. The molecule has 4 rings (SSSR count). The van der Waals surface area contributed by atoms with Gasteiger partial charge in [0.25, 0.3) is 5.91 Å². The van der Waals surface area contributed by atoms with Gasteiger partial charge in [0.05, 0.1) is 0 Å². The Hall–Kier alpha value is -2.74. The molecule has 2 aromatic rings. The molecule has 0 radical (unpaired) electrons. The van der Waals surface area contributed by atoms with Gasteiger partial charge in [-0.3, -0.25) is 14.5 Å². The van der Waals surface area contributed by atoms with Crippen molar-refractivity contribution in [2.24, 2.45) is 11.7 Å². The number of likely N-dealkylation sites (N-methyl/N-ethyl adjacent to an activating group) is 1. The van der Waals surface area contributed by atoms with E-state index in [1.807, 2.05) is 54.6 Å². The highest BCUT2D eigenvalue weighted by Gasteiger charge is 2.47. The van der Waals surface area contributed by atoms with Crippen molar-refractivity contribution in [1.82, 2.24) is 20.4 Å². The molecule has 2 aromatic carbocycles. The number of nitrogens with one attached hydrogen (secondary N) is 2. The number of amides is 2. The second kappa shape index (κ2) is 11.1. The lowest BCUT2D eigenvalue weighted by Gasteiger charge is -2.41. The van der Waals surface area contributed by atoms with Crippen molar-refractivity contribution in [1.29, 1.82) is 0 Å². The molecule has 1 atom stereocenters. The van der Waals surface area contributed by atoms with Gasteiger partial charge in [-0.1, -0.05) is 42.5 Å². The summed E-state index contributed by atoms with van der Waals surface area (Å²) in [4.78, 5) is 30.6. The van der Waals surface area contributed by atoms with Gasteiger partial charge in [0.1, 0.15) is 5.41 Å². The third-order valence-electron chi connectivity index (χ3n) is 7.48. The van der Waals surface area contributed by atoms with Gasteiger partial charge in [0.2, 0.25) is 5.91 Å². The van der Waals surface area contributed by atoms with E-state index in [1.54, 1.807) is 0 Å². The van der Waals surface area contributed by atoms with E-state index in [0.29, 0.717) is 12.1 Å². The molecule has 2 heterocycles. The van der Waals surface area contributed by atoms with E-state index in [-0.39, 0.29) is 17.7 Å². The molecule has 0 saturated carbocycles.